The van der Waals surface area contributed by atoms with E-state index in [0.717, 1.165) is 29.8 Å². The summed E-state index contributed by atoms with van der Waals surface area (Å²) in [4.78, 5) is 0. The summed E-state index contributed by atoms with van der Waals surface area (Å²) in [5, 5.41) is 4.87. The molecule has 0 amide bonds. The van der Waals surface area contributed by atoms with Crippen LogP contribution in [0.3, 0.4) is 0 Å². The molecule has 0 saturated carbocycles. The van der Waals surface area contributed by atoms with Crippen molar-refractivity contribution in [1.29, 1.82) is 0 Å². The van der Waals surface area contributed by atoms with E-state index in [9.17, 15) is 0 Å². The van der Waals surface area contributed by atoms with Crippen molar-refractivity contribution in [3.63, 3.8) is 0 Å². The molecule has 1 N–H and O–H groups in total. The average molecular weight is 318 g/mol. The lowest BCUT2D eigenvalue weighted by molar-refractivity contribution is -0.0703. The van der Waals surface area contributed by atoms with Crippen molar-refractivity contribution in [3.05, 3.63) is 33.8 Å². The van der Waals surface area contributed by atoms with E-state index >= 15 is 0 Å². The van der Waals surface area contributed by atoms with Crippen LogP contribution in [0.5, 0.6) is 0 Å². The van der Waals surface area contributed by atoms with Crippen molar-refractivity contribution in [2.45, 2.75) is 51.7 Å². The van der Waals surface area contributed by atoms with Gasteiger partial charge in [0.25, 0.3) is 0 Å². The summed E-state index contributed by atoms with van der Waals surface area (Å²) in [5.41, 5.74) is 0.888. The number of ether oxygens (including phenoxy) is 1. The van der Waals surface area contributed by atoms with Gasteiger partial charge in [0.1, 0.15) is 0 Å². The summed E-state index contributed by atoms with van der Waals surface area (Å²) in [5.74, 6) is 0. The molecule has 0 bridgehead atoms. The number of benzene rings is 1. The molecule has 0 fully saturated rings. The van der Waals surface area contributed by atoms with Crippen LogP contribution >= 0.6 is 23.2 Å². The van der Waals surface area contributed by atoms with Crippen molar-refractivity contribution < 1.29 is 4.74 Å². The third kappa shape index (κ3) is 4.11. The summed E-state index contributed by atoms with van der Waals surface area (Å²) in [6.07, 6.45) is 2.72. The Kier molecular flexibility index (Phi) is 7.32. The maximum Gasteiger partial charge on any atom is 0.0832 e. The SMILES string of the molecule is CCOC(CC)(CC)C(Cc1cc(Cl)ccc1Cl)NC. The van der Waals surface area contributed by atoms with Gasteiger partial charge in [-0.1, -0.05) is 37.0 Å². The topological polar surface area (TPSA) is 21.3 Å². The van der Waals surface area contributed by atoms with Crippen LogP contribution in [0.2, 0.25) is 10.0 Å². The highest BCUT2D eigenvalue weighted by Gasteiger charge is 2.35. The standard InChI is InChI=1S/C16H25Cl2NO/c1-5-16(6-2,20-7-3)15(19-4)11-12-10-13(17)8-9-14(12)18/h8-10,15,19H,5-7,11H2,1-4H3. The highest BCUT2D eigenvalue weighted by molar-refractivity contribution is 6.33. The molecule has 0 aliphatic carbocycles. The zero-order chi connectivity index (χ0) is 15.2. The predicted octanol–water partition coefficient (Wildman–Crippen LogP) is 4.72. The van der Waals surface area contributed by atoms with Crippen molar-refractivity contribution in [2.24, 2.45) is 0 Å². The second-order valence-corrected chi connectivity index (χ2v) is 5.83. The molecule has 1 aromatic rings. The molecule has 0 spiro atoms. The highest BCUT2D eigenvalue weighted by Crippen LogP contribution is 2.30. The third-order valence-electron chi connectivity index (χ3n) is 4.04. The van der Waals surface area contributed by atoms with Gasteiger partial charge in [-0.25, -0.2) is 0 Å². The van der Waals surface area contributed by atoms with Crippen LogP contribution in [-0.2, 0) is 11.2 Å². The number of nitrogens with one attached hydrogen (secondary N) is 1. The summed E-state index contributed by atoms with van der Waals surface area (Å²) < 4.78 is 6.08. The van der Waals surface area contributed by atoms with Crippen LogP contribution in [0.1, 0.15) is 39.2 Å². The van der Waals surface area contributed by atoms with Gasteiger partial charge in [0.15, 0.2) is 0 Å². The van der Waals surface area contributed by atoms with Crippen LogP contribution < -0.4 is 5.32 Å². The van der Waals surface area contributed by atoms with Crippen molar-refractivity contribution in [1.82, 2.24) is 5.32 Å². The first-order valence-electron chi connectivity index (χ1n) is 7.28. The van der Waals surface area contributed by atoms with Gasteiger partial charge in [-0.15, -0.1) is 0 Å². The third-order valence-corrected chi connectivity index (χ3v) is 4.65. The summed E-state index contributed by atoms with van der Waals surface area (Å²) in [7, 11) is 1.97. The fraction of sp³-hybridized carbons (Fsp3) is 0.625. The Morgan fingerprint density at radius 3 is 2.35 bits per heavy atom. The van der Waals surface area contributed by atoms with E-state index in [1.807, 2.05) is 32.2 Å². The molecular weight excluding hydrogens is 293 g/mol. The molecule has 1 atom stereocenters. The molecule has 0 saturated heterocycles. The monoisotopic (exact) mass is 317 g/mol. The second-order valence-electron chi connectivity index (χ2n) is 4.99. The first kappa shape index (κ1) is 17.8. The Morgan fingerprint density at radius 1 is 1.20 bits per heavy atom. The lowest BCUT2D eigenvalue weighted by Crippen LogP contribution is -2.52. The van der Waals surface area contributed by atoms with Crippen LogP contribution in [0.15, 0.2) is 18.2 Å². The molecule has 0 aromatic heterocycles. The fourth-order valence-corrected chi connectivity index (χ4v) is 3.20. The molecule has 20 heavy (non-hydrogen) atoms. The van der Waals surface area contributed by atoms with E-state index in [0.29, 0.717) is 11.6 Å². The van der Waals surface area contributed by atoms with E-state index in [4.69, 9.17) is 27.9 Å². The fourth-order valence-electron chi connectivity index (χ4n) is 2.81. The first-order valence-corrected chi connectivity index (χ1v) is 8.03. The predicted molar refractivity (Wildman–Crippen MR) is 88.0 cm³/mol. The Hall–Kier alpha value is -0.280. The van der Waals surface area contributed by atoms with Gasteiger partial charge >= 0.3 is 0 Å². The molecule has 114 valence electrons. The number of halogens is 2. The highest BCUT2D eigenvalue weighted by atomic mass is 35.5. The molecule has 2 nitrogen and oxygen atoms in total. The Bertz CT molecular complexity index is 419. The van der Waals surface area contributed by atoms with Crippen molar-refractivity contribution in [3.8, 4) is 0 Å². The number of hydrogen-bond acceptors (Lipinski definition) is 2. The molecular formula is C16H25Cl2NO. The maximum atomic E-state index is 6.28. The number of likely N-dealkylation sites (N-methyl/N-ethyl adjacent to an activating group) is 1. The first-order chi connectivity index (χ1) is 9.52. The van der Waals surface area contributed by atoms with Crippen LogP contribution in [0.25, 0.3) is 0 Å². The van der Waals surface area contributed by atoms with Crippen molar-refractivity contribution >= 4 is 23.2 Å². The molecule has 1 rings (SSSR count). The van der Waals surface area contributed by atoms with Gasteiger partial charge in [0, 0.05) is 22.7 Å². The van der Waals surface area contributed by atoms with E-state index < -0.39 is 0 Å². The van der Waals surface area contributed by atoms with E-state index in [1.54, 1.807) is 0 Å². The molecule has 0 heterocycles. The lowest BCUT2D eigenvalue weighted by atomic mass is 9.84. The smallest absolute Gasteiger partial charge is 0.0832 e. The number of rotatable bonds is 8. The average Bonchev–Trinajstić information content (AvgIpc) is 2.46. The largest absolute Gasteiger partial charge is 0.374 e. The van der Waals surface area contributed by atoms with E-state index in [1.165, 1.54) is 0 Å². The molecule has 0 aliphatic heterocycles. The number of hydrogen-bond donors (Lipinski definition) is 1. The Labute approximate surface area is 132 Å². The van der Waals surface area contributed by atoms with Gasteiger partial charge in [-0.3, -0.25) is 0 Å². The van der Waals surface area contributed by atoms with E-state index in [2.05, 4.69) is 19.2 Å². The zero-order valence-electron chi connectivity index (χ0n) is 12.8. The lowest BCUT2D eigenvalue weighted by Gasteiger charge is -2.39. The van der Waals surface area contributed by atoms with Gasteiger partial charge in [-0.05, 0) is 57.0 Å². The Morgan fingerprint density at radius 2 is 1.85 bits per heavy atom. The molecule has 0 aliphatic rings. The summed E-state index contributed by atoms with van der Waals surface area (Å²) in [6, 6.07) is 5.81. The minimum Gasteiger partial charge on any atom is -0.374 e. The van der Waals surface area contributed by atoms with Gasteiger partial charge in [-0.2, -0.15) is 0 Å². The second kappa shape index (κ2) is 8.23. The van der Waals surface area contributed by atoms with Gasteiger partial charge in [0.2, 0.25) is 0 Å². The van der Waals surface area contributed by atoms with Crippen LogP contribution in [0.4, 0.5) is 0 Å². The van der Waals surface area contributed by atoms with Gasteiger partial charge in [0.05, 0.1) is 5.60 Å². The quantitative estimate of drug-likeness (QED) is 0.749. The van der Waals surface area contributed by atoms with E-state index in [-0.39, 0.29) is 11.6 Å². The molecule has 4 heteroatoms. The molecule has 1 unspecified atom stereocenters. The van der Waals surface area contributed by atoms with Crippen molar-refractivity contribution in [2.75, 3.05) is 13.7 Å². The maximum absolute atomic E-state index is 6.28. The Balaban J connectivity index is 3.02. The zero-order valence-corrected chi connectivity index (χ0v) is 14.3. The molecule has 1 aromatic carbocycles. The summed E-state index contributed by atoms with van der Waals surface area (Å²) >= 11 is 12.4. The minimum absolute atomic E-state index is 0.171. The normalized spacial score (nSPS) is 13.5. The molecule has 0 radical (unpaired) electrons. The van der Waals surface area contributed by atoms with Crippen LogP contribution in [-0.4, -0.2) is 25.3 Å². The summed E-state index contributed by atoms with van der Waals surface area (Å²) in [6.45, 7) is 7.09. The van der Waals surface area contributed by atoms with Gasteiger partial charge < -0.3 is 10.1 Å². The minimum atomic E-state index is -0.171. The van der Waals surface area contributed by atoms with Crippen LogP contribution in [0, 0.1) is 0 Å².